The number of nitrogen functional groups attached to an aromatic ring is 1. The Bertz CT molecular complexity index is 1840. The van der Waals surface area contributed by atoms with Crippen molar-refractivity contribution in [2.75, 3.05) is 22.1 Å². The first-order valence-corrected chi connectivity index (χ1v) is 16.9. The van der Waals surface area contributed by atoms with Gasteiger partial charge >= 0.3 is 0 Å². The van der Waals surface area contributed by atoms with E-state index in [0.29, 0.717) is 40.8 Å². The molecule has 2 amide bonds. The van der Waals surface area contributed by atoms with Crippen LogP contribution in [0.15, 0.2) is 108 Å². The fraction of sp³-hybridized carbons (Fsp3) is 0.250. The van der Waals surface area contributed by atoms with E-state index < -0.39 is 6.29 Å². The average molecular weight is 680 g/mol. The van der Waals surface area contributed by atoms with Crippen LogP contribution in [0.25, 0.3) is 5.69 Å². The Hall–Kier alpha value is -5.08. The van der Waals surface area contributed by atoms with E-state index in [4.69, 9.17) is 15.2 Å². The third-order valence-corrected chi connectivity index (χ3v) is 9.02. The van der Waals surface area contributed by atoms with Gasteiger partial charge in [-0.1, -0.05) is 78.5 Å². The molecule has 1 fully saturated rings. The number of amides is 2. The SMILES string of the molecule is Nc1ccccc1NC(=O)CCCC(=O)Nc1ccc([C@H]2O[C@@H](CSc3nnnn3-c3ccccc3)C[C@@H](c3ccc(CO)cc3)O2)cc1. The molecule has 13 heteroatoms. The van der Waals surface area contributed by atoms with Gasteiger partial charge in [-0.15, -0.1) is 5.10 Å². The highest BCUT2D eigenvalue weighted by atomic mass is 32.2. The van der Waals surface area contributed by atoms with Crippen LogP contribution in [-0.2, 0) is 25.7 Å². The van der Waals surface area contributed by atoms with Gasteiger partial charge in [0.2, 0.25) is 17.0 Å². The number of carbonyl (C=O) groups excluding carboxylic acids is 2. The highest BCUT2D eigenvalue weighted by Crippen LogP contribution is 2.39. The number of nitrogens with two attached hydrogens (primary N) is 1. The van der Waals surface area contributed by atoms with Gasteiger partial charge in [-0.3, -0.25) is 9.59 Å². The Morgan fingerprint density at radius 1 is 0.857 bits per heavy atom. The summed E-state index contributed by atoms with van der Waals surface area (Å²) in [6.07, 6.45) is 0.289. The van der Waals surface area contributed by atoms with Crippen molar-refractivity contribution in [3.05, 3.63) is 120 Å². The molecular formula is C36H37N7O5S. The van der Waals surface area contributed by atoms with Gasteiger partial charge in [0.25, 0.3) is 0 Å². The van der Waals surface area contributed by atoms with E-state index in [1.54, 1.807) is 28.9 Å². The Balaban J connectivity index is 1.07. The second kappa shape index (κ2) is 16.3. The molecule has 2 heterocycles. The number of aliphatic hydroxyl groups excluding tert-OH is 1. The lowest BCUT2D eigenvalue weighted by Crippen LogP contribution is -2.31. The fourth-order valence-corrected chi connectivity index (χ4v) is 6.28. The molecule has 4 aromatic carbocycles. The molecule has 0 radical (unpaired) electrons. The molecule has 1 aliphatic rings. The molecule has 0 bridgehead atoms. The number of nitrogens with one attached hydrogen (secondary N) is 2. The number of benzene rings is 4. The molecule has 0 spiro atoms. The number of aromatic nitrogens is 4. The number of ether oxygens (including phenoxy) is 2. The van der Waals surface area contributed by atoms with Gasteiger partial charge in [0, 0.05) is 36.3 Å². The third-order valence-electron chi connectivity index (χ3n) is 7.96. The van der Waals surface area contributed by atoms with Gasteiger partial charge < -0.3 is 30.9 Å². The van der Waals surface area contributed by atoms with Crippen LogP contribution in [0.3, 0.4) is 0 Å². The lowest BCUT2D eigenvalue weighted by Gasteiger charge is -2.36. The van der Waals surface area contributed by atoms with E-state index in [0.717, 1.165) is 22.4 Å². The Morgan fingerprint density at radius 2 is 1.55 bits per heavy atom. The number of rotatable bonds is 13. The van der Waals surface area contributed by atoms with Gasteiger partial charge in [0.1, 0.15) is 0 Å². The topological polar surface area (TPSA) is 167 Å². The smallest absolute Gasteiger partial charge is 0.224 e. The first kappa shape index (κ1) is 33.8. The minimum atomic E-state index is -0.658. The number of hydrogen-bond acceptors (Lipinski definition) is 10. The highest BCUT2D eigenvalue weighted by Gasteiger charge is 2.32. The standard InChI is InChI=1S/C36H37N7O5S/c37-30-9-4-5-10-31(30)39-34(46)12-6-11-33(45)38-27-19-17-26(18-20-27)35-47-29(21-32(48-35)25-15-13-24(22-44)14-16-25)23-49-36-40-41-42-43(36)28-7-2-1-3-8-28/h1-5,7-10,13-20,29,32,35,44H,6,11-12,21-23,37H2,(H,38,45)(H,39,46)/t29-,32+,35+/m1/s1. The lowest BCUT2D eigenvalue weighted by molar-refractivity contribution is -0.245. The summed E-state index contributed by atoms with van der Waals surface area (Å²) in [5.41, 5.74) is 11.0. The molecule has 5 N–H and O–H groups in total. The van der Waals surface area contributed by atoms with Gasteiger partial charge in [0.15, 0.2) is 6.29 Å². The van der Waals surface area contributed by atoms with Crippen molar-refractivity contribution in [2.24, 2.45) is 0 Å². The van der Waals surface area contributed by atoms with Gasteiger partial charge in [-0.05, 0) is 64.4 Å². The zero-order valence-corrected chi connectivity index (χ0v) is 27.5. The van der Waals surface area contributed by atoms with Crippen molar-refractivity contribution in [1.82, 2.24) is 20.2 Å². The van der Waals surface area contributed by atoms with Crippen molar-refractivity contribution in [2.45, 2.75) is 55.9 Å². The second-order valence-corrected chi connectivity index (χ2v) is 12.5. The zero-order chi connectivity index (χ0) is 34.0. The van der Waals surface area contributed by atoms with Crippen molar-refractivity contribution in [3.63, 3.8) is 0 Å². The highest BCUT2D eigenvalue weighted by molar-refractivity contribution is 7.99. The molecule has 1 aliphatic heterocycles. The number of carbonyl (C=O) groups is 2. The van der Waals surface area contributed by atoms with Crippen LogP contribution < -0.4 is 16.4 Å². The summed E-state index contributed by atoms with van der Waals surface area (Å²) in [6, 6.07) is 31.8. The Morgan fingerprint density at radius 3 is 2.29 bits per heavy atom. The van der Waals surface area contributed by atoms with Crippen LogP contribution in [0.2, 0.25) is 0 Å². The predicted molar refractivity (Wildman–Crippen MR) is 187 cm³/mol. The van der Waals surface area contributed by atoms with Crippen LogP contribution >= 0.6 is 11.8 Å². The van der Waals surface area contributed by atoms with Crippen LogP contribution in [-0.4, -0.2) is 49.0 Å². The maximum absolute atomic E-state index is 12.6. The summed E-state index contributed by atoms with van der Waals surface area (Å²) >= 11 is 1.51. The molecule has 0 saturated carbocycles. The molecule has 1 saturated heterocycles. The van der Waals surface area contributed by atoms with E-state index in [1.807, 2.05) is 78.9 Å². The van der Waals surface area contributed by atoms with Gasteiger partial charge in [-0.2, -0.15) is 4.68 Å². The predicted octanol–water partition coefficient (Wildman–Crippen LogP) is 5.82. The fourth-order valence-electron chi connectivity index (χ4n) is 5.37. The summed E-state index contributed by atoms with van der Waals surface area (Å²) in [5, 5.41) is 28.1. The molecule has 6 rings (SSSR count). The summed E-state index contributed by atoms with van der Waals surface area (Å²) in [6.45, 7) is -0.0328. The van der Waals surface area contributed by atoms with Crippen molar-refractivity contribution in [3.8, 4) is 5.69 Å². The normalized spacial score (nSPS) is 17.4. The molecule has 0 unspecified atom stereocenters. The molecule has 12 nitrogen and oxygen atoms in total. The first-order valence-electron chi connectivity index (χ1n) is 16.0. The number of aliphatic hydroxyl groups is 1. The molecule has 252 valence electrons. The number of hydrogen-bond donors (Lipinski definition) is 4. The number of nitrogens with zero attached hydrogens (tertiary/aromatic N) is 4. The maximum Gasteiger partial charge on any atom is 0.224 e. The van der Waals surface area contributed by atoms with Crippen LogP contribution in [0.1, 0.15) is 54.8 Å². The quantitative estimate of drug-likeness (QED) is 0.0880. The van der Waals surface area contributed by atoms with Gasteiger partial charge in [0.05, 0.1) is 35.9 Å². The van der Waals surface area contributed by atoms with Crippen LogP contribution in [0, 0.1) is 0 Å². The molecule has 49 heavy (non-hydrogen) atoms. The molecule has 5 aromatic rings. The van der Waals surface area contributed by atoms with E-state index in [1.165, 1.54) is 11.8 Å². The third kappa shape index (κ3) is 9.09. The lowest BCUT2D eigenvalue weighted by atomic mass is 10.0. The minimum absolute atomic E-state index is 0.0328. The first-order chi connectivity index (χ1) is 23.9. The van der Waals surface area contributed by atoms with Crippen molar-refractivity contribution < 1.29 is 24.2 Å². The number of anilines is 3. The van der Waals surface area contributed by atoms with Crippen molar-refractivity contribution >= 4 is 40.6 Å². The van der Waals surface area contributed by atoms with Crippen LogP contribution in [0.4, 0.5) is 17.1 Å². The van der Waals surface area contributed by atoms with Crippen LogP contribution in [0.5, 0.6) is 0 Å². The number of thioether (sulfide) groups is 1. The zero-order valence-electron chi connectivity index (χ0n) is 26.6. The Kier molecular flexibility index (Phi) is 11.3. The number of tetrazole rings is 1. The molecule has 1 aromatic heterocycles. The van der Waals surface area contributed by atoms with E-state index in [9.17, 15) is 14.7 Å². The second-order valence-electron chi connectivity index (χ2n) is 11.5. The summed E-state index contributed by atoms with van der Waals surface area (Å²) in [4.78, 5) is 24.9. The van der Waals surface area contributed by atoms with Gasteiger partial charge in [-0.25, -0.2) is 0 Å². The van der Waals surface area contributed by atoms with E-state index >= 15 is 0 Å². The maximum atomic E-state index is 12.6. The summed E-state index contributed by atoms with van der Waals surface area (Å²) in [7, 11) is 0. The molecule has 3 atom stereocenters. The largest absolute Gasteiger partial charge is 0.397 e. The molecule has 0 aliphatic carbocycles. The minimum Gasteiger partial charge on any atom is -0.397 e. The number of para-hydroxylation sites is 3. The monoisotopic (exact) mass is 679 g/mol. The Labute approximate surface area is 288 Å². The average Bonchev–Trinajstić information content (AvgIpc) is 3.61. The van der Waals surface area contributed by atoms with Crippen molar-refractivity contribution in [1.29, 1.82) is 0 Å². The van der Waals surface area contributed by atoms with E-state index in [2.05, 4.69) is 26.2 Å². The van der Waals surface area contributed by atoms with E-state index in [-0.39, 0.29) is 43.5 Å². The summed E-state index contributed by atoms with van der Waals surface area (Å²) in [5.74, 6) is 0.200. The molecular weight excluding hydrogens is 643 g/mol. The summed E-state index contributed by atoms with van der Waals surface area (Å²) < 4.78 is 14.6.